The summed E-state index contributed by atoms with van der Waals surface area (Å²) in [6.45, 7) is 2.62. The lowest BCUT2D eigenvalue weighted by molar-refractivity contribution is 0.0983. The molecule has 0 unspecified atom stereocenters. The smallest absolute Gasteiger partial charge is 0.267 e. The zero-order chi connectivity index (χ0) is 25.8. The molecular weight excluding hydrogens is 502 g/mol. The fourth-order valence-corrected chi connectivity index (χ4v) is 5.87. The van der Waals surface area contributed by atoms with Crippen molar-refractivity contribution in [3.63, 3.8) is 0 Å². The number of rotatable bonds is 8. The number of thioether (sulfide) groups is 1. The van der Waals surface area contributed by atoms with Crippen LogP contribution in [-0.2, 0) is 16.6 Å². The molecule has 0 saturated carbocycles. The van der Waals surface area contributed by atoms with E-state index in [1.165, 1.54) is 12.1 Å². The average Bonchev–Trinajstić information content (AvgIpc) is 3.27. The zero-order valence-electron chi connectivity index (χ0n) is 20.2. The summed E-state index contributed by atoms with van der Waals surface area (Å²) in [5.41, 5.74) is 4.85. The van der Waals surface area contributed by atoms with E-state index in [2.05, 4.69) is 45.7 Å². The number of sulfonamides is 1. The number of amides is 1. The number of benzene rings is 4. The second-order valence-electron chi connectivity index (χ2n) is 8.40. The summed E-state index contributed by atoms with van der Waals surface area (Å²) in [4.78, 5) is 17.9. The van der Waals surface area contributed by atoms with Crippen molar-refractivity contribution in [1.29, 1.82) is 0 Å². The number of nitrogens with zero attached hydrogens (tertiary/aromatic N) is 2. The van der Waals surface area contributed by atoms with Gasteiger partial charge in [-0.1, -0.05) is 97.5 Å². The molecule has 0 aliphatic heterocycles. The number of hydrogen-bond acceptors (Lipinski definition) is 5. The molecule has 1 amide bonds. The molecule has 186 valence electrons. The number of aromatic nitrogens is 2. The Morgan fingerprint density at radius 3 is 2.16 bits per heavy atom. The van der Waals surface area contributed by atoms with Crippen LogP contribution in [-0.4, -0.2) is 29.6 Å². The van der Waals surface area contributed by atoms with Crippen LogP contribution in [0.3, 0.4) is 0 Å². The van der Waals surface area contributed by atoms with Gasteiger partial charge in [-0.3, -0.25) is 4.79 Å². The fraction of sp³-hybridized carbons (Fsp3) is 0.103. The molecule has 0 aliphatic rings. The number of para-hydroxylation sites is 1. The Kier molecular flexibility index (Phi) is 7.12. The highest BCUT2D eigenvalue weighted by atomic mass is 32.2. The number of carbonyl (C=O) groups is 1. The van der Waals surface area contributed by atoms with Crippen LogP contribution in [0, 0.1) is 0 Å². The third-order valence-corrected chi connectivity index (χ3v) is 8.15. The van der Waals surface area contributed by atoms with Gasteiger partial charge in [0.05, 0.1) is 22.5 Å². The van der Waals surface area contributed by atoms with E-state index in [9.17, 15) is 13.2 Å². The van der Waals surface area contributed by atoms with Gasteiger partial charge < -0.3 is 4.57 Å². The number of imidazole rings is 1. The molecule has 0 aliphatic carbocycles. The molecule has 6 nitrogen and oxygen atoms in total. The Morgan fingerprint density at radius 2 is 1.49 bits per heavy atom. The summed E-state index contributed by atoms with van der Waals surface area (Å²) >= 11 is 1.58. The Labute approximate surface area is 220 Å². The van der Waals surface area contributed by atoms with Gasteiger partial charge in [0.1, 0.15) is 5.52 Å². The van der Waals surface area contributed by atoms with E-state index < -0.39 is 15.9 Å². The largest absolute Gasteiger partial charge is 0.314 e. The van der Waals surface area contributed by atoms with Crippen molar-refractivity contribution in [2.45, 2.75) is 23.5 Å². The highest BCUT2D eigenvalue weighted by molar-refractivity contribution is 7.99. The van der Waals surface area contributed by atoms with E-state index in [0.717, 1.165) is 33.1 Å². The van der Waals surface area contributed by atoms with Gasteiger partial charge in [0, 0.05) is 0 Å². The minimum atomic E-state index is -4.00. The SMILES string of the molecule is CCSc1nc2c(C(=O)NS(=O)(=O)c3ccccc3)cccc2n1Cc1ccc(-c2ccccc2)cc1. The lowest BCUT2D eigenvalue weighted by Gasteiger charge is -2.10. The molecule has 0 fully saturated rings. The molecule has 8 heteroatoms. The summed E-state index contributed by atoms with van der Waals surface area (Å²) in [6.07, 6.45) is 0. The van der Waals surface area contributed by atoms with Gasteiger partial charge in [0.25, 0.3) is 15.9 Å². The van der Waals surface area contributed by atoms with E-state index in [0.29, 0.717) is 12.1 Å². The van der Waals surface area contributed by atoms with Crippen molar-refractivity contribution in [1.82, 2.24) is 14.3 Å². The summed E-state index contributed by atoms with van der Waals surface area (Å²) in [5, 5.41) is 0.774. The summed E-state index contributed by atoms with van der Waals surface area (Å²) in [6, 6.07) is 31.7. The second-order valence-corrected chi connectivity index (χ2v) is 11.3. The van der Waals surface area contributed by atoms with Crippen LogP contribution in [0.5, 0.6) is 0 Å². The third-order valence-electron chi connectivity index (χ3n) is 5.94. The topological polar surface area (TPSA) is 81.1 Å². The third kappa shape index (κ3) is 5.30. The predicted molar refractivity (Wildman–Crippen MR) is 148 cm³/mol. The maximum absolute atomic E-state index is 13.1. The first-order valence-electron chi connectivity index (χ1n) is 11.8. The molecule has 5 aromatic rings. The monoisotopic (exact) mass is 527 g/mol. The lowest BCUT2D eigenvalue weighted by atomic mass is 10.0. The second kappa shape index (κ2) is 10.6. The predicted octanol–water partition coefficient (Wildman–Crippen LogP) is 5.98. The van der Waals surface area contributed by atoms with Crippen molar-refractivity contribution >= 4 is 38.7 Å². The normalized spacial score (nSPS) is 11.5. The standard InChI is InChI=1S/C29H25N3O3S2/c1-2-36-29-30-27-25(28(33)31-37(34,35)24-12-7-4-8-13-24)14-9-15-26(27)32(29)20-21-16-18-23(19-17-21)22-10-5-3-6-11-22/h3-19H,2,20H2,1H3,(H,31,33). The van der Waals surface area contributed by atoms with Crippen LogP contribution in [0.15, 0.2) is 113 Å². The molecular formula is C29H25N3O3S2. The molecule has 1 N–H and O–H groups in total. The Hall–Kier alpha value is -3.88. The molecule has 1 heterocycles. The van der Waals surface area contributed by atoms with E-state index >= 15 is 0 Å². The van der Waals surface area contributed by atoms with Gasteiger partial charge in [-0.05, 0) is 46.7 Å². The summed E-state index contributed by atoms with van der Waals surface area (Å²) in [5.74, 6) is 0.0968. The maximum atomic E-state index is 13.1. The Bertz CT molecular complexity index is 1650. The first-order valence-corrected chi connectivity index (χ1v) is 14.3. The van der Waals surface area contributed by atoms with Gasteiger partial charge in [-0.15, -0.1) is 0 Å². The molecule has 0 bridgehead atoms. The van der Waals surface area contributed by atoms with Crippen LogP contribution in [0.1, 0.15) is 22.8 Å². The number of fused-ring (bicyclic) bond motifs is 1. The highest BCUT2D eigenvalue weighted by Gasteiger charge is 2.22. The summed E-state index contributed by atoms with van der Waals surface area (Å²) < 4.78 is 29.7. The van der Waals surface area contributed by atoms with E-state index in [1.54, 1.807) is 42.1 Å². The van der Waals surface area contributed by atoms with Crippen molar-refractivity contribution in [3.8, 4) is 11.1 Å². The number of carbonyl (C=O) groups excluding carboxylic acids is 1. The summed E-state index contributed by atoms with van der Waals surface area (Å²) in [7, 11) is -4.00. The van der Waals surface area contributed by atoms with E-state index in [4.69, 9.17) is 4.98 Å². The van der Waals surface area contributed by atoms with Crippen LogP contribution < -0.4 is 4.72 Å². The van der Waals surface area contributed by atoms with Crippen LogP contribution in [0.4, 0.5) is 0 Å². The maximum Gasteiger partial charge on any atom is 0.267 e. The molecule has 0 radical (unpaired) electrons. The fourth-order valence-electron chi connectivity index (χ4n) is 4.15. The molecule has 0 spiro atoms. The van der Waals surface area contributed by atoms with Gasteiger partial charge in [-0.2, -0.15) is 0 Å². The number of hydrogen-bond donors (Lipinski definition) is 1. The average molecular weight is 528 g/mol. The van der Waals surface area contributed by atoms with Gasteiger partial charge in [-0.25, -0.2) is 18.1 Å². The zero-order valence-corrected chi connectivity index (χ0v) is 21.8. The molecule has 0 saturated heterocycles. The quantitative estimate of drug-likeness (QED) is 0.251. The van der Waals surface area contributed by atoms with Gasteiger partial charge in [0.2, 0.25) is 0 Å². The first kappa shape index (κ1) is 24.8. The van der Waals surface area contributed by atoms with Crippen molar-refractivity contribution in [2.24, 2.45) is 0 Å². The molecule has 0 atom stereocenters. The number of nitrogens with one attached hydrogen (secondary N) is 1. The molecule has 1 aromatic heterocycles. The highest BCUT2D eigenvalue weighted by Crippen LogP contribution is 2.28. The Morgan fingerprint density at radius 1 is 0.838 bits per heavy atom. The van der Waals surface area contributed by atoms with Crippen LogP contribution in [0.2, 0.25) is 0 Å². The minimum absolute atomic E-state index is 0.0298. The van der Waals surface area contributed by atoms with Crippen molar-refractivity contribution < 1.29 is 13.2 Å². The van der Waals surface area contributed by atoms with Crippen molar-refractivity contribution in [3.05, 3.63) is 114 Å². The minimum Gasteiger partial charge on any atom is -0.314 e. The van der Waals surface area contributed by atoms with Gasteiger partial charge >= 0.3 is 0 Å². The lowest BCUT2D eigenvalue weighted by Crippen LogP contribution is -2.30. The van der Waals surface area contributed by atoms with Gasteiger partial charge in [0.15, 0.2) is 5.16 Å². The van der Waals surface area contributed by atoms with Crippen LogP contribution in [0.25, 0.3) is 22.2 Å². The Balaban J connectivity index is 1.47. The van der Waals surface area contributed by atoms with Crippen molar-refractivity contribution in [2.75, 3.05) is 5.75 Å². The van der Waals surface area contributed by atoms with Crippen LogP contribution >= 0.6 is 11.8 Å². The van der Waals surface area contributed by atoms with E-state index in [1.807, 2.05) is 31.2 Å². The molecule has 5 rings (SSSR count). The van der Waals surface area contributed by atoms with E-state index in [-0.39, 0.29) is 10.5 Å². The molecule has 37 heavy (non-hydrogen) atoms. The molecule has 4 aromatic carbocycles. The first-order chi connectivity index (χ1) is 18.0.